The van der Waals surface area contributed by atoms with E-state index in [1.807, 2.05) is 24.4 Å². The van der Waals surface area contributed by atoms with Crippen LogP contribution < -0.4 is 10.6 Å². The fourth-order valence-electron chi connectivity index (χ4n) is 2.52. The van der Waals surface area contributed by atoms with Gasteiger partial charge in [0.25, 0.3) is 0 Å². The zero-order chi connectivity index (χ0) is 18.5. The summed E-state index contributed by atoms with van der Waals surface area (Å²) in [5.41, 5.74) is 1.01. The van der Waals surface area contributed by atoms with Gasteiger partial charge in [-0.25, -0.2) is 0 Å². The Labute approximate surface area is 179 Å². The number of halogens is 1. The normalized spacial score (nSPS) is 11.3. The van der Waals surface area contributed by atoms with Gasteiger partial charge in [-0.3, -0.25) is 9.98 Å². The van der Waals surface area contributed by atoms with Crippen molar-refractivity contribution in [3.63, 3.8) is 0 Å². The first kappa shape index (κ1) is 23.6. The van der Waals surface area contributed by atoms with Gasteiger partial charge in [0.05, 0.1) is 32.1 Å². The molecule has 1 aromatic carbocycles. The number of hydrogen-bond donors (Lipinski definition) is 2. The molecule has 2 N–H and O–H groups in total. The van der Waals surface area contributed by atoms with Crippen molar-refractivity contribution in [1.82, 2.24) is 15.6 Å². The molecule has 6 nitrogen and oxygen atoms in total. The van der Waals surface area contributed by atoms with Crippen molar-refractivity contribution in [2.45, 2.75) is 26.3 Å². The van der Waals surface area contributed by atoms with Crippen LogP contribution in [0.4, 0.5) is 0 Å². The van der Waals surface area contributed by atoms with Gasteiger partial charge in [0.2, 0.25) is 0 Å². The van der Waals surface area contributed by atoms with Crippen molar-refractivity contribution in [1.29, 1.82) is 0 Å². The van der Waals surface area contributed by atoms with Crippen molar-refractivity contribution in [2.24, 2.45) is 4.99 Å². The minimum Gasteiger partial charge on any atom is -0.379 e. The number of aliphatic imine (C=N–C) groups is 1. The summed E-state index contributed by atoms with van der Waals surface area (Å²) in [5.74, 6) is 0.738. The molecule has 0 bridgehead atoms. The van der Waals surface area contributed by atoms with E-state index in [0.717, 1.165) is 36.5 Å². The van der Waals surface area contributed by atoms with Crippen LogP contribution in [0.15, 0.2) is 41.5 Å². The maximum Gasteiger partial charge on any atom is 0.191 e. The smallest absolute Gasteiger partial charge is 0.191 e. The van der Waals surface area contributed by atoms with Crippen molar-refractivity contribution in [3.8, 4) is 0 Å². The standard InChI is InChI=1S/C20H30N4O2.HI/c1-3-4-12-25-14-15-26-13-11-23-20(21-2)24-16-19-18-8-6-5-7-17(18)9-10-22-19;/h5-10H,3-4,11-16H2,1-2H3,(H2,21,23,24);1H. The molecule has 0 fully saturated rings. The molecule has 0 radical (unpaired) electrons. The third-order valence-corrected chi connectivity index (χ3v) is 3.96. The number of hydrogen-bond acceptors (Lipinski definition) is 4. The number of benzene rings is 1. The molecule has 0 atom stereocenters. The molecule has 0 unspecified atom stereocenters. The van der Waals surface area contributed by atoms with E-state index in [9.17, 15) is 0 Å². The van der Waals surface area contributed by atoms with Gasteiger partial charge >= 0.3 is 0 Å². The topological polar surface area (TPSA) is 67.8 Å². The highest BCUT2D eigenvalue weighted by atomic mass is 127. The predicted molar refractivity (Wildman–Crippen MR) is 122 cm³/mol. The van der Waals surface area contributed by atoms with Crippen LogP contribution in [0.5, 0.6) is 0 Å². The number of aromatic nitrogens is 1. The molecular formula is C20H31IN4O2. The fraction of sp³-hybridized carbons (Fsp3) is 0.500. The maximum absolute atomic E-state index is 5.55. The van der Waals surface area contributed by atoms with Crippen molar-refractivity contribution < 1.29 is 9.47 Å². The molecule has 0 saturated heterocycles. The third kappa shape index (κ3) is 8.85. The molecule has 0 aliphatic heterocycles. The van der Waals surface area contributed by atoms with E-state index >= 15 is 0 Å². The first-order valence-corrected chi connectivity index (χ1v) is 9.27. The van der Waals surface area contributed by atoms with E-state index < -0.39 is 0 Å². The Morgan fingerprint density at radius 1 is 1.04 bits per heavy atom. The zero-order valence-electron chi connectivity index (χ0n) is 16.2. The Kier molecular flexibility index (Phi) is 12.7. The summed E-state index contributed by atoms with van der Waals surface area (Å²) in [6.07, 6.45) is 4.10. The molecule has 0 aliphatic rings. The lowest BCUT2D eigenvalue weighted by Gasteiger charge is -2.13. The molecule has 0 amide bonds. The first-order chi connectivity index (χ1) is 12.8. The van der Waals surface area contributed by atoms with Crippen LogP contribution in [0.2, 0.25) is 0 Å². The van der Waals surface area contributed by atoms with Crippen LogP contribution >= 0.6 is 24.0 Å². The van der Waals surface area contributed by atoms with E-state index in [0.29, 0.717) is 32.9 Å². The molecule has 7 heteroatoms. The van der Waals surface area contributed by atoms with E-state index in [4.69, 9.17) is 9.47 Å². The van der Waals surface area contributed by atoms with Crippen LogP contribution in [0, 0.1) is 0 Å². The van der Waals surface area contributed by atoms with Gasteiger partial charge in [0.15, 0.2) is 5.96 Å². The van der Waals surface area contributed by atoms with Gasteiger partial charge in [0, 0.05) is 31.8 Å². The molecular weight excluding hydrogens is 455 g/mol. The molecule has 150 valence electrons. The number of rotatable bonds is 11. The summed E-state index contributed by atoms with van der Waals surface area (Å²) < 4.78 is 11.0. The number of fused-ring (bicyclic) bond motifs is 1. The van der Waals surface area contributed by atoms with Gasteiger partial charge < -0.3 is 20.1 Å². The largest absolute Gasteiger partial charge is 0.379 e. The van der Waals surface area contributed by atoms with Crippen molar-refractivity contribution >= 4 is 40.7 Å². The fourth-order valence-corrected chi connectivity index (χ4v) is 2.52. The van der Waals surface area contributed by atoms with E-state index in [1.165, 1.54) is 5.39 Å². The lowest BCUT2D eigenvalue weighted by Crippen LogP contribution is -2.38. The van der Waals surface area contributed by atoms with Crippen LogP contribution in [0.25, 0.3) is 10.8 Å². The minimum atomic E-state index is 0. The van der Waals surface area contributed by atoms with Crippen LogP contribution in [0.1, 0.15) is 25.5 Å². The molecule has 2 aromatic rings. The highest BCUT2D eigenvalue weighted by Gasteiger charge is 2.03. The lowest BCUT2D eigenvalue weighted by molar-refractivity contribution is 0.0487. The van der Waals surface area contributed by atoms with Crippen molar-refractivity contribution in [3.05, 3.63) is 42.2 Å². The molecule has 0 saturated carbocycles. The predicted octanol–water partition coefficient (Wildman–Crippen LogP) is 3.35. The number of nitrogens with one attached hydrogen (secondary N) is 2. The molecule has 2 rings (SSSR count). The van der Waals surface area contributed by atoms with Crippen LogP contribution in [-0.2, 0) is 16.0 Å². The van der Waals surface area contributed by atoms with Crippen LogP contribution in [0.3, 0.4) is 0 Å². The maximum atomic E-state index is 5.55. The highest BCUT2D eigenvalue weighted by molar-refractivity contribution is 14.0. The van der Waals surface area contributed by atoms with E-state index in [1.54, 1.807) is 7.05 Å². The summed E-state index contributed by atoms with van der Waals surface area (Å²) in [7, 11) is 1.76. The van der Waals surface area contributed by atoms with Gasteiger partial charge in [-0.05, 0) is 17.9 Å². The Balaban J connectivity index is 0.00000364. The molecule has 27 heavy (non-hydrogen) atoms. The Morgan fingerprint density at radius 2 is 1.81 bits per heavy atom. The summed E-state index contributed by atoms with van der Waals surface area (Å²) in [5, 5.41) is 8.89. The number of pyridine rings is 1. The SMILES string of the molecule is CCCCOCCOCCNC(=NC)NCc1nccc2ccccc12.I. The Morgan fingerprint density at radius 3 is 2.59 bits per heavy atom. The number of unbranched alkanes of at least 4 members (excludes halogenated alkanes) is 1. The second-order valence-electron chi connectivity index (χ2n) is 5.91. The zero-order valence-corrected chi connectivity index (χ0v) is 18.6. The second-order valence-corrected chi connectivity index (χ2v) is 5.91. The molecule has 1 heterocycles. The van der Waals surface area contributed by atoms with Crippen LogP contribution in [-0.4, -0.2) is 51.0 Å². The minimum absolute atomic E-state index is 0. The molecule has 0 spiro atoms. The van der Waals surface area contributed by atoms with Gasteiger partial charge in [-0.15, -0.1) is 24.0 Å². The number of ether oxygens (including phenoxy) is 2. The van der Waals surface area contributed by atoms with Gasteiger partial charge in [-0.1, -0.05) is 37.6 Å². The quantitative estimate of drug-likeness (QED) is 0.221. The monoisotopic (exact) mass is 486 g/mol. The Hall–Kier alpha value is -1.45. The summed E-state index contributed by atoms with van der Waals surface area (Å²) in [6, 6.07) is 10.3. The Bertz CT molecular complexity index is 677. The van der Waals surface area contributed by atoms with E-state index in [2.05, 4.69) is 39.7 Å². The summed E-state index contributed by atoms with van der Waals surface area (Å²) in [6.45, 7) is 6.17. The average Bonchev–Trinajstić information content (AvgIpc) is 2.69. The van der Waals surface area contributed by atoms with Gasteiger partial charge in [0.1, 0.15) is 0 Å². The first-order valence-electron chi connectivity index (χ1n) is 9.27. The summed E-state index contributed by atoms with van der Waals surface area (Å²) >= 11 is 0. The number of guanidine groups is 1. The number of nitrogens with zero attached hydrogens (tertiary/aromatic N) is 2. The third-order valence-electron chi connectivity index (χ3n) is 3.96. The second kappa shape index (κ2) is 14.6. The van der Waals surface area contributed by atoms with Crippen molar-refractivity contribution in [2.75, 3.05) is 40.0 Å². The molecule has 1 aromatic heterocycles. The highest BCUT2D eigenvalue weighted by Crippen LogP contribution is 2.15. The molecule has 0 aliphatic carbocycles. The average molecular weight is 486 g/mol. The lowest BCUT2D eigenvalue weighted by atomic mass is 10.1. The van der Waals surface area contributed by atoms with E-state index in [-0.39, 0.29) is 24.0 Å². The summed E-state index contributed by atoms with van der Waals surface area (Å²) in [4.78, 5) is 8.72. The van der Waals surface area contributed by atoms with Gasteiger partial charge in [-0.2, -0.15) is 0 Å².